The summed E-state index contributed by atoms with van der Waals surface area (Å²) in [5.74, 6) is 5.31. The van der Waals surface area contributed by atoms with Gasteiger partial charge in [0.25, 0.3) is 10.1 Å². The predicted molar refractivity (Wildman–Crippen MR) is 58.6 cm³/mol. The van der Waals surface area contributed by atoms with Gasteiger partial charge in [-0.15, -0.1) is 0 Å². The first-order valence-corrected chi connectivity index (χ1v) is 5.83. The maximum atomic E-state index is 11.1. The topological polar surface area (TPSA) is 89.6 Å². The van der Waals surface area contributed by atoms with Crippen molar-refractivity contribution in [3.8, 4) is 5.75 Å². The van der Waals surface area contributed by atoms with Crippen LogP contribution in [0.25, 0.3) is 10.8 Å². The predicted octanol–water partition coefficient (Wildman–Crippen LogP) is 1.34. The van der Waals surface area contributed by atoms with E-state index in [0.29, 0.717) is 16.5 Å². The third-order valence-corrected chi connectivity index (χ3v) is 3.14. The molecule has 0 amide bonds. The molecule has 0 aliphatic rings. The molecule has 0 radical (unpaired) electrons. The second kappa shape index (κ2) is 3.75. The summed E-state index contributed by atoms with van der Waals surface area (Å²) in [6, 6.07) is 9.32. The average Bonchev–Trinajstić information content (AvgIpc) is 2.26. The van der Waals surface area contributed by atoms with Gasteiger partial charge in [-0.2, -0.15) is 14.3 Å². The van der Waals surface area contributed by atoms with Gasteiger partial charge in [-0.1, -0.05) is 18.2 Å². The van der Waals surface area contributed by atoms with Gasteiger partial charge >= 0.3 is 0 Å². The molecule has 0 fully saturated rings. The second-order valence-corrected chi connectivity index (χ2v) is 4.62. The molecule has 3 N–H and O–H groups in total. The standard InChI is InChI=1S/C10H9NO4S/c11-15-8-5-4-7-2-1-3-10(9(7)6-8)16(12,13)14/h1-6H,11H2,(H,12,13,14). The minimum Gasteiger partial charge on any atom is -0.412 e. The minimum atomic E-state index is -4.25. The highest BCUT2D eigenvalue weighted by Crippen LogP contribution is 2.26. The number of hydrogen-bond donors (Lipinski definition) is 2. The molecule has 84 valence electrons. The fraction of sp³-hybridized carbons (Fsp3) is 0. The van der Waals surface area contributed by atoms with Crippen molar-refractivity contribution in [2.45, 2.75) is 4.90 Å². The second-order valence-electron chi connectivity index (χ2n) is 3.23. The first-order chi connectivity index (χ1) is 7.52. The van der Waals surface area contributed by atoms with Crippen molar-refractivity contribution in [2.24, 2.45) is 5.90 Å². The van der Waals surface area contributed by atoms with Gasteiger partial charge < -0.3 is 4.84 Å². The zero-order valence-electron chi connectivity index (χ0n) is 8.12. The molecule has 0 aliphatic heterocycles. The number of hydrogen-bond acceptors (Lipinski definition) is 4. The molecule has 0 unspecified atom stereocenters. The maximum Gasteiger partial charge on any atom is 0.295 e. The summed E-state index contributed by atoms with van der Waals surface area (Å²) in [6.45, 7) is 0. The van der Waals surface area contributed by atoms with Gasteiger partial charge in [0.1, 0.15) is 10.6 Å². The Morgan fingerprint density at radius 3 is 2.56 bits per heavy atom. The SMILES string of the molecule is NOc1ccc2cccc(S(=O)(=O)O)c2c1. The molecular weight excluding hydrogens is 230 g/mol. The Hall–Kier alpha value is -1.63. The highest BCUT2D eigenvalue weighted by atomic mass is 32.2. The van der Waals surface area contributed by atoms with Crippen LogP contribution in [-0.2, 0) is 10.1 Å². The van der Waals surface area contributed by atoms with Crippen LogP contribution in [0, 0.1) is 0 Å². The molecule has 2 aromatic carbocycles. The van der Waals surface area contributed by atoms with Crippen LogP contribution in [0.2, 0.25) is 0 Å². The Morgan fingerprint density at radius 1 is 1.19 bits per heavy atom. The van der Waals surface area contributed by atoms with Crippen molar-refractivity contribution in [1.29, 1.82) is 0 Å². The van der Waals surface area contributed by atoms with Gasteiger partial charge in [0.15, 0.2) is 0 Å². The molecule has 16 heavy (non-hydrogen) atoms. The number of benzene rings is 2. The van der Waals surface area contributed by atoms with E-state index < -0.39 is 10.1 Å². The van der Waals surface area contributed by atoms with Crippen molar-refractivity contribution < 1.29 is 17.8 Å². The number of rotatable bonds is 2. The molecular formula is C10H9NO4S. The molecule has 0 atom stereocenters. The first-order valence-electron chi connectivity index (χ1n) is 4.39. The normalized spacial score (nSPS) is 11.6. The minimum absolute atomic E-state index is 0.163. The van der Waals surface area contributed by atoms with Crippen LogP contribution in [0.1, 0.15) is 0 Å². The Morgan fingerprint density at radius 2 is 1.94 bits per heavy atom. The van der Waals surface area contributed by atoms with E-state index in [1.807, 2.05) is 0 Å². The van der Waals surface area contributed by atoms with Crippen molar-refractivity contribution in [2.75, 3.05) is 0 Å². The number of nitrogens with two attached hydrogens (primary N) is 1. The fourth-order valence-electron chi connectivity index (χ4n) is 1.52. The van der Waals surface area contributed by atoms with E-state index >= 15 is 0 Å². The lowest BCUT2D eigenvalue weighted by atomic mass is 10.1. The smallest absolute Gasteiger partial charge is 0.295 e. The van der Waals surface area contributed by atoms with E-state index in [4.69, 9.17) is 10.4 Å². The third-order valence-electron chi connectivity index (χ3n) is 2.23. The van der Waals surface area contributed by atoms with E-state index in [9.17, 15) is 8.42 Å². The Balaban J connectivity index is 2.85. The molecule has 0 saturated carbocycles. The van der Waals surface area contributed by atoms with Crippen molar-refractivity contribution >= 4 is 20.9 Å². The van der Waals surface area contributed by atoms with Crippen molar-refractivity contribution in [3.63, 3.8) is 0 Å². The van der Waals surface area contributed by atoms with Gasteiger partial charge in [0.05, 0.1) is 0 Å². The maximum absolute atomic E-state index is 11.1. The largest absolute Gasteiger partial charge is 0.412 e. The fourth-order valence-corrected chi connectivity index (χ4v) is 2.23. The van der Waals surface area contributed by atoms with Gasteiger partial charge in [-0.05, 0) is 23.6 Å². The zero-order chi connectivity index (χ0) is 11.8. The molecule has 6 heteroatoms. The van der Waals surface area contributed by atoms with E-state index in [1.165, 1.54) is 12.1 Å². The Bertz CT molecular complexity index is 636. The van der Waals surface area contributed by atoms with Crippen LogP contribution in [0.5, 0.6) is 5.75 Å². The molecule has 0 aromatic heterocycles. The quantitative estimate of drug-likeness (QED) is 0.609. The lowest BCUT2D eigenvalue weighted by molar-refractivity contribution is 0.335. The van der Waals surface area contributed by atoms with Crippen LogP contribution >= 0.6 is 0 Å². The van der Waals surface area contributed by atoms with Crippen LogP contribution in [-0.4, -0.2) is 13.0 Å². The van der Waals surface area contributed by atoms with Crippen molar-refractivity contribution in [1.82, 2.24) is 0 Å². The van der Waals surface area contributed by atoms with Gasteiger partial charge in [-0.3, -0.25) is 4.55 Å². The van der Waals surface area contributed by atoms with Crippen LogP contribution < -0.4 is 10.7 Å². The van der Waals surface area contributed by atoms with Gasteiger partial charge in [0.2, 0.25) is 0 Å². The lowest BCUT2D eigenvalue weighted by Gasteiger charge is -2.05. The van der Waals surface area contributed by atoms with E-state index in [2.05, 4.69) is 4.84 Å². The molecule has 0 saturated heterocycles. The Kier molecular flexibility index (Phi) is 2.55. The van der Waals surface area contributed by atoms with Crippen LogP contribution in [0.3, 0.4) is 0 Å². The first kappa shape index (κ1) is 10.9. The monoisotopic (exact) mass is 239 g/mol. The molecule has 0 aliphatic carbocycles. The molecule has 2 aromatic rings. The summed E-state index contributed by atoms with van der Waals surface area (Å²) in [5, 5.41) is 1.05. The number of fused-ring (bicyclic) bond motifs is 1. The summed E-state index contributed by atoms with van der Waals surface area (Å²) in [7, 11) is -4.25. The summed E-state index contributed by atoms with van der Waals surface area (Å²) in [5.41, 5.74) is 0. The molecule has 0 heterocycles. The highest BCUT2D eigenvalue weighted by molar-refractivity contribution is 7.86. The third kappa shape index (κ3) is 1.85. The van der Waals surface area contributed by atoms with E-state index in [1.54, 1.807) is 24.3 Å². The van der Waals surface area contributed by atoms with Crippen molar-refractivity contribution in [3.05, 3.63) is 36.4 Å². The van der Waals surface area contributed by atoms with Gasteiger partial charge in [0, 0.05) is 5.39 Å². The summed E-state index contributed by atoms with van der Waals surface area (Å²) in [6.07, 6.45) is 0. The average molecular weight is 239 g/mol. The summed E-state index contributed by atoms with van der Waals surface area (Å²) < 4.78 is 31.3. The highest BCUT2D eigenvalue weighted by Gasteiger charge is 2.13. The van der Waals surface area contributed by atoms with E-state index in [0.717, 1.165) is 0 Å². The zero-order valence-corrected chi connectivity index (χ0v) is 8.94. The van der Waals surface area contributed by atoms with Gasteiger partial charge in [-0.25, -0.2) is 0 Å². The summed E-state index contributed by atoms with van der Waals surface area (Å²) >= 11 is 0. The van der Waals surface area contributed by atoms with Crippen LogP contribution in [0.15, 0.2) is 41.3 Å². The van der Waals surface area contributed by atoms with E-state index in [-0.39, 0.29) is 4.90 Å². The lowest BCUT2D eigenvalue weighted by Crippen LogP contribution is -2.02. The molecule has 0 bridgehead atoms. The molecule has 2 rings (SSSR count). The Labute approximate surface area is 92.1 Å². The van der Waals surface area contributed by atoms with Crippen LogP contribution in [0.4, 0.5) is 0 Å². The summed E-state index contributed by atoms with van der Waals surface area (Å²) in [4.78, 5) is 4.35. The molecule has 0 spiro atoms. The molecule has 5 nitrogen and oxygen atoms in total.